The summed E-state index contributed by atoms with van der Waals surface area (Å²) in [5.41, 5.74) is 21.6. The topological polar surface area (TPSA) is 8.17 Å². The Kier molecular flexibility index (Phi) is 8.49. The van der Waals surface area contributed by atoms with Crippen molar-refractivity contribution < 1.29 is 0 Å². The fourth-order valence-corrected chi connectivity index (χ4v) is 15.8. The van der Waals surface area contributed by atoms with Crippen LogP contribution in [0.1, 0.15) is 44.5 Å². The van der Waals surface area contributed by atoms with E-state index in [4.69, 9.17) is 0 Å². The molecule has 2 aliphatic heterocycles. The minimum Gasteiger partial charge on any atom is -0.310 e. The highest BCUT2D eigenvalue weighted by Gasteiger charge is 2.53. The maximum absolute atomic E-state index is 2.59. The smallest absolute Gasteiger partial charge is 0.0736 e. The van der Waals surface area contributed by atoms with Gasteiger partial charge in [0.25, 0.3) is 0 Å². The second-order valence-corrected chi connectivity index (χ2v) is 21.6. The average molecular weight is 951 g/mol. The minimum absolute atomic E-state index is 0.518. The van der Waals surface area contributed by atoms with Crippen LogP contribution < -0.4 is 4.90 Å². The third-order valence-electron chi connectivity index (χ3n) is 16.1. The van der Waals surface area contributed by atoms with Crippen LogP contribution in [0.2, 0.25) is 0 Å². The molecule has 3 heterocycles. The fourth-order valence-electron chi connectivity index (χ4n) is 13.4. The van der Waals surface area contributed by atoms with Crippen LogP contribution in [0.25, 0.3) is 49.7 Å². The van der Waals surface area contributed by atoms with Crippen LogP contribution in [0, 0.1) is 0 Å². The number of benzene rings is 11. The van der Waals surface area contributed by atoms with Gasteiger partial charge in [0.2, 0.25) is 0 Å². The molecule has 0 atom stereocenters. The first kappa shape index (κ1) is 40.4. The van der Waals surface area contributed by atoms with Crippen LogP contribution in [-0.4, -0.2) is 4.57 Å². The molecule has 0 saturated carbocycles. The minimum atomic E-state index is -0.526. The van der Waals surface area contributed by atoms with E-state index in [0.29, 0.717) is 0 Å². The number of hydrogen-bond donors (Lipinski definition) is 0. The number of hydrogen-bond acceptors (Lipinski definition) is 3. The van der Waals surface area contributed by atoms with Crippen LogP contribution in [0.5, 0.6) is 0 Å². The summed E-state index contributed by atoms with van der Waals surface area (Å²) in [6.07, 6.45) is 0. The fraction of sp³-hybridized carbons (Fsp3) is 0.0294. The van der Waals surface area contributed by atoms with E-state index in [1.807, 2.05) is 23.5 Å². The zero-order chi connectivity index (χ0) is 47.1. The maximum atomic E-state index is 2.59. The van der Waals surface area contributed by atoms with Gasteiger partial charge in [-0.3, -0.25) is 0 Å². The summed E-state index contributed by atoms with van der Waals surface area (Å²) >= 11 is 3.79. The van der Waals surface area contributed by atoms with Crippen molar-refractivity contribution >= 4 is 62.4 Å². The highest BCUT2D eigenvalue weighted by atomic mass is 32.2. The third kappa shape index (κ3) is 5.22. The first-order valence-electron chi connectivity index (χ1n) is 24.8. The molecule has 0 radical (unpaired) electrons. The molecule has 2 nitrogen and oxygen atoms in total. The lowest BCUT2D eigenvalue weighted by Crippen LogP contribution is -2.32. The highest BCUT2D eigenvalue weighted by Crippen LogP contribution is 2.66. The molecule has 336 valence electrons. The number of rotatable bonds is 4. The van der Waals surface area contributed by atoms with E-state index in [1.165, 1.54) is 108 Å². The van der Waals surface area contributed by atoms with Gasteiger partial charge in [0, 0.05) is 53.0 Å². The Morgan fingerprint density at radius 2 is 0.764 bits per heavy atom. The van der Waals surface area contributed by atoms with Crippen molar-refractivity contribution in [2.45, 2.75) is 30.4 Å². The predicted molar refractivity (Wildman–Crippen MR) is 298 cm³/mol. The van der Waals surface area contributed by atoms with Gasteiger partial charge >= 0.3 is 0 Å². The Hall–Kier alpha value is -8.28. The predicted octanol–water partition coefficient (Wildman–Crippen LogP) is 17.9. The number of fused-ring (bicyclic) bond motifs is 21. The van der Waals surface area contributed by atoms with Gasteiger partial charge in [-0.25, -0.2) is 0 Å². The number of nitrogens with zero attached hydrogens (tertiary/aromatic N) is 2. The van der Waals surface area contributed by atoms with Gasteiger partial charge in [-0.1, -0.05) is 199 Å². The van der Waals surface area contributed by atoms with E-state index in [1.54, 1.807) is 0 Å². The van der Waals surface area contributed by atoms with Gasteiger partial charge in [0.1, 0.15) is 0 Å². The molecular formula is C68H42N2S2. The molecule has 0 N–H and O–H groups in total. The van der Waals surface area contributed by atoms with Crippen LogP contribution >= 0.6 is 23.5 Å². The monoisotopic (exact) mass is 950 g/mol. The molecule has 0 bridgehead atoms. The molecular weight excluding hydrogens is 909 g/mol. The zero-order valence-corrected chi connectivity index (χ0v) is 40.6. The lowest BCUT2D eigenvalue weighted by atomic mass is 9.67. The lowest BCUT2D eigenvalue weighted by molar-refractivity contribution is 0.722. The molecule has 0 fully saturated rings. The summed E-state index contributed by atoms with van der Waals surface area (Å²) in [6, 6.07) is 96.1. The summed E-state index contributed by atoms with van der Waals surface area (Å²) in [5.74, 6) is 0. The van der Waals surface area contributed by atoms with Crippen molar-refractivity contribution in [2.24, 2.45) is 0 Å². The Labute approximate surface area is 426 Å². The Balaban J connectivity index is 1.02. The van der Waals surface area contributed by atoms with Crippen molar-refractivity contribution in [1.29, 1.82) is 0 Å². The van der Waals surface area contributed by atoms with Crippen molar-refractivity contribution in [3.8, 4) is 27.9 Å². The molecule has 2 aliphatic carbocycles. The third-order valence-corrected chi connectivity index (χ3v) is 18.4. The van der Waals surface area contributed by atoms with Gasteiger partial charge in [-0.15, -0.1) is 0 Å². The van der Waals surface area contributed by atoms with Gasteiger partial charge in [0.05, 0.1) is 27.6 Å². The van der Waals surface area contributed by atoms with Crippen LogP contribution in [-0.2, 0) is 10.8 Å². The van der Waals surface area contributed by atoms with Crippen molar-refractivity contribution in [2.75, 3.05) is 4.90 Å². The Bertz CT molecular complexity index is 4170. The zero-order valence-electron chi connectivity index (χ0n) is 39.0. The van der Waals surface area contributed by atoms with Crippen molar-refractivity contribution in [3.63, 3.8) is 0 Å². The maximum Gasteiger partial charge on any atom is 0.0736 e. The van der Waals surface area contributed by atoms with E-state index in [-0.39, 0.29) is 0 Å². The second-order valence-electron chi connectivity index (χ2n) is 19.4. The normalized spacial score (nSPS) is 14.5. The van der Waals surface area contributed by atoms with E-state index < -0.39 is 10.8 Å². The molecule has 0 unspecified atom stereocenters. The summed E-state index contributed by atoms with van der Waals surface area (Å²) in [4.78, 5) is 7.79. The summed E-state index contributed by atoms with van der Waals surface area (Å²) in [7, 11) is 0. The van der Waals surface area contributed by atoms with Crippen LogP contribution in [0.4, 0.5) is 17.1 Å². The summed E-state index contributed by atoms with van der Waals surface area (Å²) in [6.45, 7) is 0. The van der Waals surface area contributed by atoms with Gasteiger partial charge < -0.3 is 9.47 Å². The largest absolute Gasteiger partial charge is 0.310 e. The summed E-state index contributed by atoms with van der Waals surface area (Å²) in [5, 5.41) is 2.44. The molecule has 11 aromatic carbocycles. The van der Waals surface area contributed by atoms with Crippen molar-refractivity contribution in [3.05, 3.63) is 299 Å². The Morgan fingerprint density at radius 3 is 1.42 bits per heavy atom. The summed E-state index contributed by atoms with van der Waals surface area (Å²) < 4.78 is 2.42. The first-order valence-corrected chi connectivity index (χ1v) is 26.5. The highest BCUT2D eigenvalue weighted by molar-refractivity contribution is 7.99. The Morgan fingerprint density at radius 1 is 0.306 bits per heavy atom. The standard InChI is InChI=1S/C68H42N2S2/c1-2-19-43(20-3-1)70-59-31-13-6-22-48(59)50-41-44(38-40-60(50)70)69(45-37-39-47-46-21-4-7-24-51(46)68(58(47)42-45)55-28-11-16-35-64(55)72-65-36-17-12-29-56(65)68)61-32-18-30-57-66(61)49-23-5-8-25-52(49)67(57)53-26-9-14-33-62(53)71-63-34-15-10-27-54(63)67/h1-42H. The molecule has 1 aromatic heterocycles. The van der Waals surface area contributed by atoms with Crippen LogP contribution in [0.15, 0.2) is 274 Å². The molecule has 2 spiro atoms. The number of anilines is 3. The molecule has 0 amide bonds. The quantitative estimate of drug-likeness (QED) is 0.174. The average Bonchev–Trinajstić information content (AvgIpc) is 4.04. The molecule has 4 aliphatic rings. The molecule has 0 saturated heterocycles. The second kappa shape index (κ2) is 15.1. The van der Waals surface area contributed by atoms with Crippen molar-refractivity contribution in [1.82, 2.24) is 4.57 Å². The lowest BCUT2D eigenvalue weighted by Gasteiger charge is -2.40. The van der Waals surface area contributed by atoms with E-state index >= 15 is 0 Å². The van der Waals surface area contributed by atoms with Gasteiger partial charge in [-0.05, 0) is 140 Å². The SMILES string of the molecule is c1ccc(-n2c3ccccc3c3cc(N(c4ccc5c(c4)C4(c6ccccc6Sc6ccccc64)c4ccccc4-5)c4cccc5c4-c4ccccc4C54c5ccccc5Sc5ccccc54)ccc32)cc1. The first-order chi connectivity index (χ1) is 35.7. The molecule has 12 aromatic rings. The number of para-hydroxylation sites is 2. The van der Waals surface area contributed by atoms with E-state index in [2.05, 4.69) is 264 Å². The van der Waals surface area contributed by atoms with Gasteiger partial charge in [-0.2, -0.15) is 0 Å². The molecule has 72 heavy (non-hydrogen) atoms. The van der Waals surface area contributed by atoms with E-state index in [9.17, 15) is 0 Å². The van der Waals surface area contributed by atoms with E-state index in [0.717, 1.165) is 22.7 Å². The molecule has 16 rings (SSSR count). The van der Waals surface area contributed by atoms with Gasteiger partial charge in [0.15, 0.2) is 0 Å². The van der Waals surface area contributed by atoms with Crippen LogP contribution in [0.3, 0.4) is 0 Å². The molecule has 4 heteroatoms. The number of aromatic nitrogens is 1.